The van der Waals surface area contributed by atoms with Gasteiger partial charge in [0.2, 0.25) is 5.03 Å². The third kappa shape index (κ3) is 3.00. The van der Waals surface area contributed by atoms with Gasteiger partial charge in [-0.3, -0.25) is 4.72 Å². The van der Waals surface area contributed by atoms with Gasteiger partial charge in [-0.25, -0.2) is 13.8 Å². The van der Waals surface area contributed by atoms with Crippen LogP contribution in [-0.4, -0.2) is 13.4 Å². The highest BCUT2D eigenvalue weighted by Gasteiger charge is 2.23. The molecule has 0 atom stereocenters. The minimum atomic E-state index is -4.33. The molecule has 1 N–H and O–H groups in total. The second kappa shape index (κ2) is 5.51. The first kappa shape index (κ1) is 15.0. The summed E-state index contributed by atoms with van der Waals surface area (Å²) in [6, 6.07) is 3.93. The maximum atomic E-state index is 13.4. The van der Waals surface area contributed by atoms with Crippen molar-refractivity contribution in [2.75, 3.05) is 4.72 Å². The maximum Gasteiger partial charge on any atom is 0.282 e. The molecule has 1 aromatic carbocycles. The molecule has 0 fully saturated rings. The zero-order chi connectivity index (χ0) is 14.9. The van der Waals surface area contributed by atoms with Crippen molar-refractivity contribution >= 4 is 38.9 Å². The lowest BCUT2D eigenvalue weighted by molar-refractivity contribution is 0.556. The fourth-order valence-electron chi connectivity index (χ4n) is 1.39. The Morgan fingerprint density at radius 3 is 2.30 bits per heavy atom. The average molecular weight is 339 g/mol. The van der Waals surface area contributed by atoms with E-state index in [4.69, 9.17) is 23.2 Å². The lowest BCUT2D eigenvalue weighted by Gasteiger charge is -2.11. The van der Waals surface area contributed by atoms with Crippen LogP contribution in [0.4, 0.5) is 14.5 Å². The summed E-state index contributed by atoms with van der Waals surface area (Å²) >= 11 is 11.4. The normalized spacial score (nSPS) is 11.4. The second-order valence-electron chi connectivity index (χ2n) is 3.64. The Morgan fingerprint density at radius 1 is 1.15 bits per heavy atom. The highest BCUT2D eigenvalue weighted by atomic mass is 35.5. The smallest absolute Gasteiger partial charge is 0.275 e. The first-order valence-corrected chi connectivity index (χ1v) is 7.33. The van der Waals surface area contributed by atoms with Crippen LogP contribution in [0, 0.1) is 11.6 Å². The molecule has 106 valence electrons. The fraction of sp³-hybridized carbons (Fsp3) is 0. The first-order valence-electron chi connectivity index (χ1n) is 5.09. The molecule has 1 aromatic heterocycles. The van der Waals surface area contributed by atoms with Crippen LogP contribution in [0.3, 0.4) is 0 Å². The van der Waals surface area contributed by atoms with Gasteiger partial charge in [-0.15, -0.1) is 0 Å². The second-order valence-corrected chi connectivity index (χ2v) is 6.05. The van der Waals surface area contributed by atoms with Gasteiger partial charge in [0.25, 0.3) is 10.0 Å². The molecular formula is C11H6Cl2F2N2O2S. The monoisotopic (exact) mass is 338 g/mol. The van der Waals surface area contributed by atoms with Crippen LogP contribution in [0.2, 0.25) is 10.0 Å². The largest absolute Gasteiger partial charge is 0.282 e. The van der Waals surface area contributed by atoms with Crippen molar-refractivity contribution in [3.8, 4) is 0 Å². The van der Waals surface area contributed by atoms with Gasteiger partial charge in [0.05, 0.1) is 15.7 Å². The molecule has 0 saturated heterocycles. The molecule has 0 amide bonds. The van der Waals surface area contributed by atoms with Gasteiger partial charge in [0.1, 0.15) is 5.82 Å². The first-order chi connectivity index (χ1) is 9.31. The Bertz CT molecular complexity index is 746. The highest BCUT2D eigenvalue weighted by molar-refractivity contribution is 7.92. The maximum absolute atomic E-state index is 13.4. The average Bonchev–Trinajstić information content (AvgIpc) is 2.34. The number of sulfonamides is 1. The van der Waals surface area contributed by atoms with E-state index in [0.29, 0.717) is 0 Å². The van der Waals surface area contributed by atoms with Crippen molar-refractivity contribution in [3.05, 3.63) is 52.1 Å². The summed E-state index contributed by atoms with van der Waals surface area (Å²) in [5.74, 6) is -1.76. The van der Waals surface area contributed by atoms with Crippen molar-refractivity contribution in [3.63, 3.8) is 0 Å². The van der Waals surface area contributed by atoms with Crippen LogP contribution >= 0.6 is 23.2 Å². The zero-order valence-corrected chi connectivity index (χ0v) is 11.9. The molecule has 0 aliphatic rings. The molecule has 0 radical (unpaired) electrons. The van der Waals surface area contributed by atoms with E-state index >= 15 is 0 Å². The van der Waals surface area contributed by atoms with Gasteiger partial charge in [-0.05, 0) is 24.3 Å². The van der Waals surface area contributed by atoms with Crippen LogP contribution < -0.4 is 4.72 Å². The minimum Gasteiger partial charge on any atom is -0.275 e. The van der Waals surface area contributed by atoms with E-state index in [9.17, 15) is 17.2 Å². The predicted octanol–water partition coefficient (Wildman–Crippen LogP) is 3.47. The Labute approximate surface area is 123 Å². The number of rotatable bonds is 3. The molecule has 4 nitrogen and oxygen atoms in total. The number of pyridine rings is 1. The molecule has 0 spiro atoms. The van der Waals surface area contributed by atoms with Crippen molar-refractivity contribution in [1.29, 1.82) is 0 Å². The third-order valence-electron chi connectivity index (χ3n) is 2.22. The summed E-state index contributed by atoms with van der Waals surface area (Å²) in [6.45, 7) is 0. The van der Waals surface area contributed by atoms with Crippen molar-refractivity contribution in [2.24, 2.45) is 0 Å². The van der Waals surface area contributed by atoms with E-state index in [1.807, 2.05) is 4.72 Å². The quantitative estimate of drug-likeness (QED) is 0.932. The lowest BCUT2D eigenvalue weighted by atomic mass is 10.3. The van der Waals surface area contributed by atoms with Crippen LogP contribution in [-0.2, 0) is 10.0 Å². The van der Waals surface area contributed by atoms with Crippen LogP contribution in [0.25, 0.3) is 0 Å². The summed E-state index contributed by atoms with van der Waals surface area (Å²) in [6.07, 6.45) is 1.12. The Kier molecular flexibility index (Phi) is 4.12. The Morgan fingerprint density at radius 2 is 1.75 bits per heavy atom. The SMILES string of the molecule is O=S(=O)(Nc1c(Cl)cc(F)cc1Cl)c1ncccc1F. The van der Waals surface area contributed by atoms with Gasteiger partial charge in [-0.1, -0.05) is 23.2 Å². The molecule has 0 unspecified atom stereocenters. The predicted molar refractivity (Wildman–Crippen MR) is 71.4 cm³/mol. The molecule has 0 aliphatic carbocycles. The summed E-state index contributed by atoms with van der Waals surface area (Å²) in [5, 5.41) is -1.32. The number of hydrogen-bond acceptors (Lipinski definition) is 3. The van der Waals surface area contributed by atoms with Crippen molar-refractivity contribution in [2.45, 2.75) is 5.03 Å². The molecule has 9 heteroatoms. The van der Waals surface area contributed by atoms with E-state index in [1.165, 1.54) is 6.07 Å². The lowest BCUT2D eigenvalue weighted by Crippen LogP contribution is -2.16. The molecule has 0 saturated carbocycles. The number of anilines is 1. The standard InChI is InChI=1S/C11H6Cl2F2N2O2S/c12-7-4-6(14)5-8(13)10(7)17-20(18,19)11-9(15)2-1-3-16-11/h1-5,17H. The van der Waals surface area contributed by atoms with E-state index < -0.39 is 26.7 Å². The van der Waals surface area contributed by atoms with E-state index in [0.717, 1.165) is 24.4 Å². The van der Waals surface area contributed by atoms with Crippen LogP contribution in [0.1, 0.15) is 0 Å². The number of aromatic nitrogens is 1. The molecule has 0 aliphatic heterocycles. The topological polar surface area (TPSA) is 59.1 Å². The highest BCUT2D eigenvalue weighted by Crippen LogP contribution is 2.33. The summed E-state index contributed by atoms with van der Waals surface area (Å²) < 4.78 is 52.4. The van der Waals surface area contributed by atoms with E-state index in [2.05, 4.69) is 4.98 Å². The number of nitrogens with zero attached hydrogens (tertiary/aromatic N) is 1. The molecule has 2 rings (SSSR count). The Hall–Kier alpha value is -1.44. The van der Waals surface area contributed by atoms with Crippen LogP contribution in [0.5, 0.6) is 0 Å². The van der Waals surface area contributed by atoms with Gasteiger partial charge in [0, 0.05) is 6.20 Å². The van der Waals surface area contributed by atoms with E-state index in [-0.39, 0.29) is 15.7 Å². The van der Waals surface area contributed by atoms with Crippen molar-refractivity contribution in [1.82, 2.24) is 4.98 Å². The van der Waals surface area contributed by atoms with Crippen LogP contribution in [0.15, 0.2) is 35.5 Å². The van der Waals surface area contributed by atoms with E-state index in [1.54, 1.807) is 0 Å². The third-order valence-corrected chi connectivity index (χ3v) is 4.10. The number of halogens is 4. The summed E-state index contributed by atoms with van der Waals surface area (Å²) in [7, 11) is -4.33. The van der Waals surface area contributed by atoms with Crippen molar-refractivity contribution < 1.29 is 17.2 Å². The fourth-order valence-corrected chi connectivity index (χ4v) is 3.17. The van der Waals surface area contributed by atoms with Gasteiger partial charge >= 0.3 is 0 Å². The summed E-state index contributed by atoms with van der Waals surface area (Å²) in [5.41, 5.74) is -0.250. The van der Waals surface area contributed by atoms with Gasteiger partial charge < -0.3 is 0 Å². The molecule has 1 heterocycles. The molecule has 0 bridgehead atoms. The number of hydrogen-bond donors (Lipinski definition) is 1. The van der Waals surface area contributed by atoms with Gasteiger partial charge in [0.15, 0.2) is 5.82 Å². The molecule has 20 heavy (non-hydrogen) atoms. The zero-order valence-electron chi connectivity index (χ0n) is 9.57. The molecular weight excluding hydrogens is 333 g/mol. The van der Waals surface area contributed by atoms with Gasteiger partial charge in [-0.2, -0.15) is 8.42 Å². The number of benzene rings is 1. The minimum absolute atomic E-state index is 0.250. The Balaban J connectivity index is 2.47. The summed E-state index contributed by atoms with van der Waals surface area (Å²) in [4.78, 5) is 3.44. The molecule has 2 aromatic rings. The number of nitrogens with one attached hydrogen (secondary N) is 1.